The predicted molar refractivity (Wildman–Crippen MR) is 341 cm³/mol. The summed E-state index contributed by atoms with van der Waals surface area (Å²) in [6.45, 7) is 5.78. The van der Waals surface area contributed by atoms with Crippen LogP contribution in [0, 0.1) is 221 Å². The molecule has 0 saturated carbocycles. The molecule has 0 aliphatic heterocycles. The van der Waals surface area contributed by atoms with Gasteiger partial charge in [0.2, 0.25) is 5.82 Å². The SMILES string of the molecule is CCC[NH+](CCC)c1cccc(F)c1F.Fc1c(F)c2c(F)c(F)c3c(F)c(F)c([B-](c4c(F)c(F)c5c(F)c(F)c6c(F)c(F)c(F)c7c(F)c(F)c4c5c67)(c4c(F)c(F)c5c(F)c(F)c6c(F)c(F)c(F)c7c(F)c(F)c4c5c67)c4c(F)c(F)c5c(F)c(F)c6c(F)c(F)c(F)c7c(F)c(F)c4c5c67)c4c(F)c(F)c(c1F)c2c34. The number of nitrogens with one attached hydrogen (secondary N) is 1. The Morgan fingerprint density at radius 3 is 0.491 bits per heavy atom. The van der Waals surface area contributed by atoms with E-state index >= 15 is 158 Å². The molecule has 0 atom stereocenters. The molecule has 40 heteroatoms. The van der Waals surface area contributed by atoms with E-state index in [1.54, 1.807) is 12.1 Å². The van der Waals surface area contributed by atoms with Crippen LogP contribution < -0.4 is 26.8 Å². The third kappa shape index (κ3) is 9.06. The van der Waals surface area contributed by atoms with Gasteiger partial charge in [0.1, 0.15) is 29.4 Å². The van der Waals surface area contributed by atoms with E-state index in [2.05, 4.69) is 0 Å². The number of rotatable bonds is 9. The molecule has 0 amide bonds. The van der Waals surface area contributed by atoms with Gasteiger partial charge in [-0.2, -0.15) is 4.39 Å². The van der Waals surface area contributed by atoms with E-state index in [-0.39, 0.29) is 0 Å². The van der Waals surface area contributed by atoms with Crippen molar-refractivity contribution >= 4 is 163 Å². The van der Waals surface area contributed by atoms with Crippen LogP contribution in [0.25, 0.3) is 129 Å². The van der Waals surface area contributed by atoms with Crippen molar-refractivity contribution in [2.45, 2.75) is 26.7 Å². The summed E-state index contributed by atoms with van der Waals surface area (Å²) in [4.78, 5) is 1.03. The van der Waals surface area contributed by atoms with Gasteiger partial charge < -0.3 is 0 Å². The van der Waals surface area contributed by atoms with E-state index in [1.165, 1.54) is 0 Å². The van der Waals surface area contributed by atoms with Crippen LogP contribution in [0.4, 0.5) is 173 Å². The molecule has 0 saturated heterocycles. The summed E-state index contributed by atoms with van der Waals surface area (Å²) in [5, 5.41) is -71.3. The minimum Gasteiger partial charge on any atom is -0.300 e. The van der Waals surface area contributed by atoms with Crippen molar-refractivity contribution in [3.05, 3.63) is 239 Å². The zero-order valence-electron chi connectivity index (χ0n) is 55.5. The Hall–Kier alpha value is -11.7. The number of hydrogen-bond donors (Lipinski definition) is 1. The molecule has 0 aliphatic rings. The maximum atomic E-state index is 19.3. The fourth-order valence-electron chi connectivity index (χ4n) is 16.9. The molecule has 0 bridgehead atoms. The highest BCUT2D eigenvalue weighted by Gasteiger charge is 2.53. The summed E-state index contributed by atoms with van der Waals surface area (Å²) in [6.07, 6.45) is -6.58. The van der Waals surface area contributed by atoms with E-state index < -0.39 is 378 Å². The van der Waals surface area contributed by atoms with Crippen molar-refractivity contribution in [3.63, 3.8) is 0 Å². The molecule has 0 fully saturated rings. The van der Waals surface area contributed by atoms with E-state index in [9.17, 15) is 8.78 Å². The monoisotopic (exact) mass is 1680 g/mol. The number of benzene rings is 17. The smallest absolute Gasteiger partial charge is 0.219 e. The van der Waals surface area contributed by atoms with Crippen molar-refractivity contribution in [3.8, 4) is 0 Å². The van der Waals surface area contributed by atoms with Crippen LogP contribution in [0.2, 0.25) is 0 Å². The Kier molecular flexibility index (Phi) is 17.3. The molecule has 17 rings (SSSR count). The van der Waals surface area contributed by atoms with E-state index in [4.69, 9.17) is 0 Å². The van der Waals surface area contributed by atoms with Gasteiger partial charge in [-0.25, -0.2) is 162 Å². The summed E-state index contributed by atoms with van der Waals surface area (Å²) in [6, 6.07) is 4.40. The standard InChI is InChI=1S/C64BF36.C12H17F2N/c66-29-9-1-5-17(33(29)70)49(86)61(98)53(90)21(5)41(78)37(74)13(1)45(82)57(94)25(9)65(26-10-2-6-18(34(71)30(10)67)50(87)62(99)54(91)22(6)42(79)38(75)14(2)46(83)58(26)95,27-11-3-7-19(35(72)31(11)68)51(88)63(100)55(92)23(7)43(80)39(76)15(3)47(84)59(27)96)28-12-4-8-20(36(73)32(12)69)52(89)64(101)56(93)24(8)44(81)40(77)16(4)48(85)60(28)97;1-3-8-15(9-4-2)11-7-5-6-10(13)12(11)14/h;5-7H,3-4,8-9H2,1-2H3/q-1;/p+1. The maximum Gasteiger partial charge on any atom is 0.219 e. The second-order valence-electron chi connectivity index (χ2n) is 26.5. The van der Waals surface area contributed by atoms with Crippen molar-refractivity contribution in [2.75, 3.05) is 13.1 Å². The molecule has 1 N–H and O–H groups in total. The summed E-state index contributed by atoms with van der Waals surface area (Å²) in [7, 11) is 0. The average Bonchev–Trinajstić information content (AvgIpc) is 0.646. The lowest BCUT2D eigenvalue weighted by Gasteiger charge is -2.48. The van der Waals surface area contributed by atoms with Gasteiger partial charge >= 0.3 is 0 Å². The quantitative estimate of drug-likeness (QED) is 0.0636. The predicted octanol–water partition coefficient (Wildman–Crippen LogP) is 22.0. The van der Waals surface area contributed by atoms with Crippen molar-refractivity contribution in [1.29, 1.82) is 0 Å². The fraction of sp³-hybridized carbons (Fsp3) is 0.0789. The first-order valence-corrected chi connectivity index (χ1v) is 32.5. The van der Waals surface area contributed by atoms with Gasteiger partial charge in [-0.1, -0.05) is 19.9 Å². The summed E-state index contributed by atoms with van der Waals surface area (Å²) in [5.41, 5.74) is -15.4. The highest BCUT2D eigenvalue weighted by molar-refractivity contribution is 7.23. The Morgan fingerprint density at radius 2 is 0.319 bits per heavy atom. The van der Waals surface area contributed by atoms with E-state index in [0.29, 0.717) is 5.69 Å². The van der Waals surface area contributed by atoms with E-state index in [1.807, 2.05) is 13.8 Å². The zero-order chi connectivity index (χ0) is 84.7. The van der Waals surface area contributed by atoms with Gasteiger partial charge in [-0.15, -0.1) is 21.9 Å². The maximum absolute atomic E-state index is 19.3. The molecule has 0 unspecified atom stereocenters. The van der Waals surface area contributed by atoms with Gasteiger partial charge in [0.25, 0.3) is 0 Å². The van der Waals surface area contributed by atoms with Crippen molar-refractivity contribution < 1.29 is 172 Å². The Morgan fingerprint density at radius 1 is 0.172 bits per heavy atom. The topological polar surface area (TPSA) is 4.44 Å². The van der Waals surface area contributed by atoms with Crippen LogP contribution >= 0.6 is 0 Å². The van der Waals surface area contributed by atoms with Gasteiger partial charge in [-0.3, -0.25) is 4.90 Å². The largest absolute Gasteiger partial charge is 0.300 e. The summed E-state index contributed by atoms with van der Waals surface area (Å²) >= 11 is 0. The Balaban J connectivity index is 0.000000607. The van der Waals surface area contributed by atoms with Crippen molar-refractivity contribution in [2.24, 2.45) is 0 Å². The number of hydrogen-bond acceptors (Lipinski definition) is 0. The van der Waals surface area contributed by atoms with Crippen LogP contribution in [-0.4, -0.2) is 19.2 Å². The van der Waals surface area contributed by atoms with Crippen LogP contribution in [0.5, 0.6) is 0 Å². The van der Waals surface area contributed by atoms with Crippen LogP contribution in [0.15, 0.2) is 18.2 Å². The third-order valence-corrected chi connectivity index (χ3v) is 21.2. The van der Waals surface area contributed by atoms with Gasteiger partial charge in [-0.05, 0) is 40.5 Å². The van der Waals surface area contributed by atoms with Gasteiger partial charge in [0.15, 0.2) is 198 Å². The van der Waals surface area contributed by atoms with E-state index in [0.717, 1.165) is 36.9 Å². The lowest BCUT2D eigenvalue weighted by molar-refractivity contribution is -0.834. The third-order valence-electron chi connectivity index (χ3n) is 21.2. The van der Waals surface area contributed by atoms with Crippen LogP contribution in [0.3, 0.4) is 0 Å². The average molecular weight is 1680 g/mol. The molecule has 17 aromatic carbocycles. The lowest BCUT2D eigenvalue weighted by atomic mass is 9.11. The molecular formula is C76H18BF38N. The fourth-order valence-corrected chi connectivity index (χ4v) is 16.9. The van der Waals surface area contributed by atoms with Crippen molar-refractivity contribution in [1.82, 2.24) is 0 Å². The molecule has 0 spiro atoms. The molecule has 0 aliphatic carbocycles. The summed E-state index contributed by atoms with van der Waals surface area (Å²) in [5.74, 6) is -131. The number of quaternary nitrogens is 1. The molecular weight excluding hydrogens is 1660 g/mol. The molecule has 596 valence electrons. The lowest BCUT2D eigenvalue weighted by Crippen LogP contribution is -3.07. The highest BCUT2D eigenvalue weighted by Crippen LogP contribution is 2.53. The summed E-state index contributed by atoms with van der Waals surface area (Å²) < 4.78 is 647. The number of halogens is 38. The highest BCUT2D eigenvalue weighted by atomic mass is 19.2. The second kappa shape index (κ2) is 25.6. The van der Waals surface area contributed by atoms with Gasteiger partial charge in [0.05, 0.1) is 77.7 Å². The molecule has 116 heavy (non-hydrogen) atoms. The van der Waals surface area contributed by atoms with Gasteiger partial charge in [0, 0.05) is 49.2 Å². The second-order valence-corrected chi connectivity index (χ2v) is 26.5. The minimum absolute atomic E-state index is 0.457. The zero-order valence-corrected chi connectivity index (χ0v) is 55.5. The normalized spacial score (nSPS) is 12.7. The Bertz CT molecular complexity index is 6550. The molecule has 0 radical (unpaired) electrons. The molecule has 1 nitrogen and oxygen atoms in total. The molecule has 0 heterocycles. The van der Waals surface area contributed by atoms with Crippen LogP contribution in [0.1, 0.15) is 26.7 Å². The molecule has 0 aromatic heterocycles. The first kappa shape index (κ1) is 78.2. The van der Waals surface area contributed by atoms with Crippen LogP contribution in [-0.2, 0) is 0 Å². The minimum atomic E-state index is -8.50. The first-order chi connectivity index (χ1) is 54.5. The Labute approximate surface area is 612 Å². The molecule has 17 aromatic rings. The first-order valence-electron chi connectivity index (χ1n) is 32.5.